The Kier molecular flexibility index (Phi) is 3.43. The van der Waals surface area contributed by atoms with E-state index in [1.54, 1.807) is 0 Å². The summed E-state index contributed by atoms with van der Waals surface area (Å²) in [6, 6.07) is -0.964. The van der Waals surface area contributed by atoms with E-state index in [0.29, 0.717) is 5.69 Å². The smallest absolute Gasteiger partial charge is 0.328 e. The molecular formula is C8H9BrF2N2O2. The lowest BCUT2D eigenvalue weighted by molar-refractivity contribution is -0.140. The Labute approximate surface area is 93.0 Å². The van der Waals surface area contributed by atoms with Crippen LogP contribution in [-0.2, 0) is 4.79 Å². The summed E-state index contributed by atoms with van der Waals surface area (Å²) in [7, 11) is 0. The Morgan fingerprint density at radius 1 is 1.60 bits per heavy atom. The van der Waals surface area contributed by atoms with Crippen LogP contribution in [0.2, 0.25) is 0 Å². The van der Waals surface area contributed by atoms with E-state index in [-0.39, 0.29) is 4.47 Å². The van der Waals surface area contributed by atoms with Crippen molar-refractivity contribution in [2.75, 3.05) is 0 Å². The first kappa shape index (κ1) is 12.1. The SMILES string of the molecule is Cc1c(Br)c(C(F)F)nn1[C@H](C)C(=O)O. The van der Waals surface area contributed by atoms with Crippen molar-refractivity contribution in [3.05, 3.63) is 15.9 Å². The van der Waals surface area contributed by atoms with Crippen LogP contribution < -0.4 is 0 Å². The van der Waals surface area contributed by atoms with Gasteiger partial charge < -0.3 is 5.11 Å². The van der Waals surface area contributed by atoms with Crippen molar-refractivity contribution in [2.45, 2.75) is 26.3 Å². The fraction of sp³-hybridized carbons (Fsp3) is 0.500. The monoisotopic (exact) mass is 282 g/mol. The van der Waals surface area contributed by atoms with Crippen molar-refractivity contribution in [1.82, 2.24) is 9.78 Å². The van der Waals surface area contributed by atoms with Crippen molar-refractivity contribution in [3.63, 3.8) is 0 Å². The molecule has 4 nitrogen and oxygen atoms in total. The van der Waals surface area contributed by atoms with E-state index in [2.05, 4.69) is 21.0 Å². The molecule has 0 saturated carbocycles. The molecule has 0 aliphatic carbocycles. The summed E-state index contributed by atoms with van der Waals surface area (Å²) >= 11 is 2.96. The van der Waals surface area contributed by atoms with Crippen molar-refractivity contribution in [2.24, 2.45) is 0 Å². The predicted molar refractivity (Wildman–Crippen MR) is 52.0 cm³/mol. The maximum atomic E-state index is 12.4. The lowest BCUT2D eigenvalue weighted by Gasteiger charge is -2.08. The number of halogens is 3. The van der Waals surface area contributed by atoms with Crippen molar-refractivity contribution < 1.29 is 18.7 Å². The molecule has 0 fully saturated rings. The molecule has 7 heteroatoms. The fourth-order valence-corrected chi connectivity index (χ4v) is 1.58. The second-order valence-corrected chi connectivity index (χ2v) is 3.84. The molecule has 1 N–H and O–H groups in total. The van der Waals surface area contributed by atoms with Gasteiger partial charge in [0.05, 0.1) is 10.2 Å². The normalized spacial score (nSPS) is 13.2. The fourth-order valence-electron chi connectivity index (χ4n) is 1.14. The number of hydrogen-bond donors (Lipinski definition) is 1. The van der Waals surface area contributed by atoms with Crippen LogP contribution in [0, 0.1) is 6.92 Å². The highest BCUT2D eigenvalue weighted by atomic mass is 79.9. The summed E-state index contributed by atoms with van der Waals surface area (Å²) in [5.74, 6) is -1.12. The van der Waals surface area contributed by atoms with Crippen LogP contribution in [0.1, 0.15) is 30.8 Å². The minimum absolute atomic E-state index is 0.158. The van der Waals surface area contributed by atoms with E-state index in [4.69, 9.17) is 5.11 Å². The number of alkyl halides is 2. The van der Waals surface area contributed by atoms with Gasteiger partial charge in [0, 0.05) is 0 Å². The van der Waals surface area contributed by atoms with Crippen molar-refractivity contribution >= 4 is 21.9 Å². The van der Waals surface area contributed by atoms with Crippen LogP contribution in [0.5, 0.6) is 0 Å². The minimum Gasteiger partial charge on any atom is -0.480 e. The zero-order chi connectivity index (χ0) is 11.7. The van der Waals surface area contributed by atoms with Crippen LogP contribution in [0.3, 0.4) is 0 Å². The van der Waals surface area contributed by atoms with E-state index < -0.39 is 24.1 Å². The van der Waals surface area contributed by atoms with E-state index in [1.807, 2.05) is 0 Å². The molecule has 1 rings (SSSR count). The second-order valence-electron chi connectivity index (χ2n) is 3.04. The largest absolute Gasteiger partial charge is 0.480 e. The summed E-state index contributed by atoms with van der Waals surface area (Å²) in [6.45, 7) is 2.91. The molecule has 84 valence electrons. The third-order valence-corrected chi connectivity index (χ3v) is 3.01. The highest BCUT2D eigenvalue weighted by Gasteiger charge is 2.24. The molecular weight excluding hydrogens is 274 g/mol. The number of aliphatic carboxylic acids is 1. The molecule has 0 amide bonds. The van der Waals surface area contributed by atoms with Gasteiger partial charge in [0.1, 0.15) is 11.7 Å². The van der Waals surface area contributed by atoms with Gasteiger partial charge >= 0.3 is 5.97 Å². The molecule has 0 bridgehead atoms. The van der Waals surface area contributed by atoms with E-state index >= 15 is 0 Å². The molecule has 0 unspecified atom stereocenters. The van der Waals surface area contributed by atoms with Crippen molar-refractivity contribution in [3.8, 4) is 0 Å². The summed E-state index contributed by atoms with van der Waals surface area (Å²) < 4.78 is 26.1. The zero-order valence-corrected chi connectivity index (χ0v) is 9.62. The zero-order valence-electron chi connectivity index (χ0n) is 8.04. The quantitative estimate of drug-likeness (QED) is 0.927. The second kappa shape index (κ2) is 4.26. The number of nitrogens with zero attached hydrogens (tertiary/aromatic N) is 2. The number of carbonyl (C=O) groups is 1. The topological polar surface area (TPSA) is 55.1 Å². The third-order valence-electron chi connectivity index (χ3n) is 2.03. The van der Waals surface area contributed by atoms with Gasteiger partial charge in [-0.1, -0.05) is 0 Å². The molecule has 1 aromatic heterocycles. The van der Waals surface area contributed by atoms with Crippen LogP contribution in [0.15, 0.2) is 4.47 Å². The highest BCUT2D eigenvalue weighted by Crippen LogP contribution is 2.30. The minimum atomic E-state index is -2.72. The van der Waals surface area contributed by atoms with Crippen LogP contribution in [-0.4, -0.2) is 20.9 Å². The van der Waals surface area contributed by atoms with Gasteiger partial charge in [-0.2, -0.15) is 5.10 Å². The average Bonchev–Trinajstić information content (AvgIpc) is 2.43. The van der Waals surface area contributed by atoms with Gasteiger partial charge in [0.2, 0.25) is 0 Å². The molecule has 15 heavy (non-hydrogen) atoms. The molecule has 1 atom stereocenters. The molecule has 0 radical (unpaired) electrons. The Bertz CT molecular complexity index is 392. The Balaban J connectivity index is 3.21. The highest BCUT2D eigenvalue weighted by molar-refractivity contribution is 9.10. The molecule has 0 aliphatic heterocycles. The van der Waals surface area contributed by atoms with Gasteiger partial charge in [-0.15, -0.1) is 0 Å². The van der Waals surface area contributed by atoms with E-state index in [9.17, 15) is 13.6 Å². The summed E-state index contributed by atoms with van der Waals surface area (Å²) in [5, 5.41) is 12.3. The first-order valence-electron chi connectivity index (χ1n) is 4.11. The van der Waals surface area contributed by atoms with Gasteiger partial charge in [-0.3, -0.25) is 4.68 Å². The Morgan fingerprint density at radius 3 is 2.47 bits per heavy atom. The maximum absolute atomic E-state index is 12.4. The van der Waals surface area contributed by atoms with Gasteiger partial charge in [0.15, 0.2) is 0 Å². The molecule has 0 spiro atoms. The number of carboxylic acids is 1. The number of carboxylic acid groups (broad SMARTS) is 1. The first-order valence-corrected chi connectivity index (χ1v) is 4.91. The molecule has 1 aromatic rings. The van der Waals surface area contributed by atoms with E-state index in [0.717, 1.165) is 4.68 Å². The maximum Gasteiger partial charge on any atom is 0.328 e. The van der Waals surface area contributed by atoms with Gasteiger partial charge in [-0.05, 0) is 29.8 Å². The Morgan fingerprint density at radius 2 is 2.13 bits per heavy atom. The molecule has 0 saturated heterocycles. The predicted octanol–water partition coefficient (Wildman–Crippen LogP) is 2.54. The number of aromatic nitrogens is 2. The van der Waals surface area contributed by atoms with Crippen LogP contribution >= 0.6 is 15.9 Å². The summed E-state index contributed by atoms with van der Waals surface area (Å²) in [6.07, 6.45) is -2.72. The van der Waals surface area contributed by atoms with Gasteiger partial charge in [-0.25, -0.2) is 13.6 Å². The van der Waals surface area contributed by atoms with Crippen molar-refractivity contribution in [1.29, 1.82) is 0 Å². The summed E-state index contributed by atoms with van der Waals surface area (Å²) in [4.78, 5) is 10.7. The van der Waals surface area contributed by atoms with Gasteiger partial charge in [0.25, 0.3) is 6.43 Å². The lowest BCUT2D eigenvalue weighted by atomic mass is 10.3. The molecule has 0 aromatic carbocycles. The first-order chi connectivity index (χ1) is 6.86. The standard InChI is InChI=1S/C8H9BrF2N2O2/c1-3-5(9)6(7(10)11)12-13(3)4(2)8(14)15/h4,7H,1-2H3,(H,14,15)/t4-/m1/s1. The Hall–Kier alpha value is -0.980. The average molecular weight is 283 g/mol. The number of hydrogen-bond acceptors (Lipinski definition) is 2. The van der Waals surface area contributed by atoms with E-state index in [1.165, 1.54) is 13.8 Å². The van der Waals surface area contributed by atoms with Crippen LogP contribution in [0.25, 0.3) is 0 Å². The van der Waals surface area contributed by atoms with Crippen LogP contribution in [0.4, 0.5) is 8.78 Å². The lowest BCUT2D eigenvalue weighted by Crippen LogP contribution is -2.18. The molecule has 1 heterocycles. The molecule has 0 aliphatic rings. The third kappa shape index (κ3) is 2.17. The summed E-state index contributed by atoms with van der Waals surface area (Å²) in [5.41, 5.74) is -0.0548. The number of rotatable bonds is 3.